The Bertz CT molecular complexity index is 5100. The van der Waals surface area contributed by atoms with Gasteiger partial charge in [0.25, 0.3) is 0 Å². The summed E-state index contributed by atoms with van der Waals surface area (Å²) in [5, 5.41) is 16.0. The third-order valence-electron chi connectivity index (χ3n) is 19.9. The van der Waals surface area contributed by atoms with Gasteiger partial charge in [0, 0.05) is 15.3 Å². The summed E-state index contributed by atoms with van der Waals surface area (Å²) in [7, 11) is -0.307. The summed E-state index contributed by atoms with van der Waals surface area (Å²) in [6.45, 7) is 17.8. The van der Waals surface area contributed by atoms with Crippen LogP contribution in [0.2, 0.25) is 0 Å². The Kier molecular flexibility index (Phi) is 13.4. The monoisotopic (exact) mass is 1200 g/mol. The molecule has 0 aromatic heterocycles. The number of fused-ring (bicyclic) bond motifs is 18. The van der Waals surface area contributed by atoms with Crippen LogP contribution in [0.3, 0.4) is 0 Å². The maximum Gasteiger partial charge on any atom is 0.494 e. The predicted octanol–water partition coefficient (Wildman–Crippen LogP) is 22.7. The highest BCUT2D eigenvalue weighted by molar-refractivity contribution is 9.10. The molecule has 0 unspecified atom stereocenters. The van der Waals surface area contributed by atoms with Crippen LogP contribution >= 0.6 is 15.9 Å². The van der Waals surface area contributed by atoms with Crippen LogP contribution in [-0.4, -0.2) is 18.3 Å². The Morgan fingerprint density at radius 2 is 0.568 bits per heavy atom. The van der Waals surface area contributed by atoms with Crippen molar-refractivity contribution in [3.05, 3.63) is 294 Å². The van der Waals surface area contributed by atoms with Gasteiger partial charge in [-0.1, -0.05) is 262 Å². The van der Waals surface area contributed by atoms with E-state index in [1.807, 2.05) is 6.07 Å². The summed E-state index contributed by atoms with van der Waals surface area (Å²) in [5.41, 5.74) is 18.9. The summed E-state index contributed by atoms with van der Waals surface area (Å²) >= 11 is 3.68. The largest absolute Gasteiger partial charge is 0.494 e. The fourth-order valence-electron chi connectivity index (χ4n) is 14.4. The molecule has 2 nitrogen and oxygen atoms in total. The van der Waals surface area contributed by atoms with Gasteiger partial charge in [0.2, 0.25) is 0 Å². The van der Waals surface area contributed by atoms with Gasteiger partial charge in [-0.15, -0.1) is 0 Å². The molecule has 0 amide bonds. The smallest absolute Gasteiger partial charge is 0.399 e. The fourth-order valence-corrected chi connectivity index (χ4v) is 14.8. The maximum atomic E-state index is 6.12. The Labute approximate surface area is 525 Å². The minimum atomic E-state index is -0.307. The van der Waals surface area contributed by atoms with Gasteiger partial charge in [-0.05, 0) is 224 Å². The van der Waals surface area contributed by atoms with E-state index in [0.717, 1.165) is 9.94 Å². The highest BCUT2D eigenvalue weighted by Gasteiger charge is 2.51. The Morgan fingerprint density at radius 1 is 0.250 bits per heavy atom. The van der Waals surface area contributed by atoms with Gasteiger partial charge in [0.15, 0.2) is 0 Å². The van der Waals surface area contributed by atoms with Gasteiger partial charge in [-0.3, -0.25) is 0 Å². The fraction of sp³-hybridized carbons (Fsp3) is 0.143. The summed E-state index contributed by atoms with van der Waals surface area (Å²) in [4.78, 5) is 0. The molecule has 88 heavy (non-hydrogen) atoms. The minimum Gasteiger partial charge on any atom is -0.399 e. The highest BCUT2D eigenvalue weighted by Crippen LogP contribution is 2.54. The van der Waals surface area contributed by atoms with Crippen molar-refractivity contribution >= 4 is 93.1 Å². The molecule has 1 aliphatic heterocycles. The molecule has 14 aromatic rings. The zero-order valence-corrected chi connectivity index (χ0v) is 52.8. The first kappa shape index (κ1) is 55.7. The molecule has 426 valence electrons. The van der Waals surface area contributed by atoms with Crippen LogP contribution in [0.5, 0.6) is 0 Å². The summed E-state index contributed by atoms with van der Waals surface area (Å²) in [6.07, 6.45) is 0. The Balaban J connectivity index is 0.000000117. The van der Waals surface area contributed by atoms with Gasteiger partial charge in [-0.25, -0.2) is 0 Å². The van der Waals surface area contributed by atoms with Crippen LogP contribution in [0.15, 0.2) is 271 Å². The first-order chi connectivity index (χ1) is 42.5. The van der Waals surface area contributed by atoms with E-state index >= 15 is 0 Å². The lowest BCUT2D eigenvalue weighted by molar-refractivity contribution is 0.00578. The molecule has 14 aromatic carbocycles. The zero-order valence-electron chi connectivity index (χ0n) is 51.2. The average molecular weight is 1200 g/mol. The van der Waals surface area contributed by atoms with Crippen molar-refractivity contribution in [2.24, 2.45) is 0 Å². The van der Waals surface area contributed by atoms with Crippen molar-refractivity contribution in [2.75, 3.05) is 0 Å². The van der Waals surface area contributed by atoms with E-state index in [0.29, 0.717) is 0 Å². The number of hydrogen-bond acceptors (Lipinski definition) is 2. The van der Waals surface area contributed by atoms with Crippen molar-refractivity contribution in [3.8, 4) is 55.6 Å². The van der Waals surface area contributed by atoms with Gasteiger partial charge >= 0.3 is 7.12 Å². The maximum absolute atomic E-state index is 6.12. The minimum absolute atomic E-state index is 0.00626. The van der Waals surface area contributed by atoms with Crippen molar-refractivity contribution in [3.63, 3.8) is 0 Å². The predicted molar refractivity (Wildman–Crippen MR) is 379 cm³/mol. The average Bonchev–Trinajstić information content (AvgIpc) is 1.51. The molecule has 17 rings (SSSR count). The second-order valence-electron chi connectivity index (χ2n) is 26.3. The lowest BCUT2D eigenvalue weighted by atomic mass is 9.78. The second kappa shape index (κ2) is 21.2. The molecule has 0 N–H and O–H groups in total. The molecule has 2 aliphatic carbocycles. The third-order valence-corrected chi connectivity index (χ3v) is 20.4. The van der Waals surface area contributed by atoms with Gasteiger partial charge < -0.3 is 9.31 Å². The first-order valence-corrected chi connectivity index (χ1v) is 31.7. The van der Waals surface area contributed by atoms with E-state index in [9.17, 15) is 0 Å². The molecular weight excluding hydrogens is 1130 g/mol. The molecule has 0 bridgehead atoms. The number of rotatable bonds is 4. The summed E-state index contributed by atoms with van der Waals surface area (Å²) in [6, 6.07) is 97.3. The highest BCUT2D eigenvalue weighted by atomic mass is 79.9. The van der Waals surface area contributed by atoms with Crippen LogP contribution in [0.1, 0.15) is 77.6 Å². The molecular formula is C84H68BBrO2. The molecule has 0 saturated carbocycles. The second-order valence-corrected chi connectivity index (χ2v) is 27.2. The van der Waals surface area contributed by atoms with Crippen LogP contribution in [-0.2, 0) is 20.1 Å². The lowest BCUT2D eigenvalue weighted by Crippen LogP contribution is -2.41. The molecule has 0 atom stereocenters. The van der Waals surface area contributed by atoms with Crippen molar-refractivity contribution in [1.82, 2.24) is 0 Å². The van der Waals surface area contributed by atoms with Crippen molar-refractivity contribution < 1.29 is 9.31 Å². The normalized spacial score (nSPS) is 15.4. The molecule has 1 saturated heterocycles. The van der Waals surface area contributed by atoms with Crippen molar-refractivity contribution in [1.29, 1.82) is 0 Å². The van der Waals surface area contributed by atoms with E-state index in [4.69, 9.17) is 9.31 Å². The van der Waals surface area contributed by atoms with E-state index in [-0.39, 0.29) is 29.2 Å². The standard InChI is InChI=1S/C39H28.C27H19Br.C18H21BO2/c1-39(2)37-20-19-28(27-14-10-13-26(21-27)25-11-4-3-5-12-25)22-35(37)36-23-33-31-17-8-6-15-29(31)30-16-7-9-18-32(30)34(33)24-38(36)39;1-27(2)25-12-11-16(28)13-23(25)24-14-21-19-9-5-3-7-17(19)18-8-4-6-10-20(18)22(21)15-26(24)27;1-17(2)18(3,4)21-19(20-17)16-12-8-11-15(13-16)14-9-6-5-7-10-14/h3-24H,1-2H3;3-15H,1-2H3;5-13H,1-4H3. The van der Waals surface area contributed by atoms with Crippen LogP contribution in [0.4, 0.5) is 0 Å². The number of halogens is 1. The molecule has 0 spiro atoms. The summed E-state index contributed by atoms with van der Waals surface area (Å²) in [5.74, 6) is 0. The molecule has 1 fully saturated rings. The number of hydrogen-bond donors (Lipinski definition) is 0. The van der Waals surface area contributed by atoms with Gasteiger partial charge in [0.05, 0.1) is 11.2 Å². The third kappa shape index (κ3) is 9.22. The molecule has 3 aliphatic rings. The van der Waals surface area contributed by atoms with Crippen LogP contribution in [0.25, 0.3) is 120 Å². The van der Waals surface area contributed by atoms with Gasteiger partial charge in [-0.2, -0.15) is 0 Å². The lowest BCUT2D eigenvalue weighted by Gasteiger charge is -2.32. The Morgan fingerprint density at radius 3 is 1.01 bits per heavy atom. The van der Waals surface area contributed by atoms with E-state index in [1.54, 1.807) is 0 Å². The van der Waals surface area contributed by atoms with Crippen LogP contribution in [0, 0.1) is 0 Å². The topological polar surface area (TPSA) is 18.5 Å². The van der Waals surface area contributed by atoms with E-state index in [1.165, 1.54) is 143 Å². The zero-order chi connectivity index (χ0) is 60.3. The summed E-state index contributed by atoms with van der Waals surface area (Å²) < 4.78 is 13.4. The SMILES string of the molecule is CC1(C)OB(c2cccc(-c3ccccc3)c2)OC1(C)C.CC1(C)c2ccc(-c3cccc(-c4ccccc4)c3)cc2-c2cc3c4ccccc4c4ccccc4c3cc21.CC1(C)c2ccc(Br)cc2-c2cc3c4ccccc4c4ccccc4c3cc21. The van der Waals surface area contributed by atoms with E-state index < -0.39 is 0 Å². The first-order valence-electron chi connectivity index (χ1n) is 30.9. The van der Waals surface area contributed by atoms with Crippen molar-refractivity contribution in [2.45, 2.75) is 77.4 Å². The Hall–Kier alpha value is -8.90. The molecule has 4 heteroatoms. The van der Waals surface area contributed by atoms with E-state index in [2.05, 4.69) is 332 Å². The van der Waals surface area contributed by atoms with Gasteiger partial charge in [0.1, 0.15) is 0 Å². The quantitative estimate of drug-likeness (QED) is 0.129. The molecule has 0 radical (unpaired) electrons. The van der Waals surface area contributed by atoms with Crippen LogP contribution < -0.4 is 5.46 Å². The number of benzene rings is 14. The molecule has 1 heterocycles.